The van der Waals surface area contributed by atoms with Crippen LogP contribution in [0.2, 0.25) is 0 Å². The van der Waals surface area contributed by atoms with Gasteiger partial charge in [-0.15, -0.1) is 0 Å². The van der Waals surface area contributed by atoms with E-state index in [1.807, 2.05) is 25.1 Å². The molecule has 0 N–H and O–H groups in total. The van der Waals surface area contributed by atoms with E-state index in [0.717, 1.165) is 30.0 Å². The van der Waals surface area contributed by atoms with Gasteiger partial charge in [0.05, 0.1) is 12.3 Å². The average Bonchev–Trinajstić information content (AvgIpc) is 3.19. The second-order valence-corrected chi connectivity index (χ2v) is 5.33. The van der Waals surface area contributed by atoms with Crippen LogP contribution in [0, 0.1) is 0 Å². The molecule has 1 aromatic carbocycles. The summed E-state index contributed by atoms with van der Waals surface area (Å²) in [5.74, 6) is 0.982. The van der Waals surface area contributed by atoms with Crippen LogP contribution in [0.3, 0.4) is 0 Å². The average molecular weight is 293 g/mol. The molecular weight excluding hydrogens is 278 g/mol. The number of ether oxygens (including phenoxy) is 1. The summed E-state index contributed by atoms with van der Waals surface area (Å²) in [5.41, 5.74) is 4.34. The summed E-state index contributed by atoms with van der Waals surface area (Å²) in [5, 5.41) is 4.43. The third-order valence-electron chi connectivity index (χ3n) is 3.95. The molecule has 0 atom stereocenters. The normalized spacial score (nSPS) is 13.1. The fraction of sp³-hybridized carbons (Fsp3) is 0.235. The molecule has 1 aliphatic rings. The van der Waals surface area contributed by atoms with Gasteiger partial charge in [-0.2, -0.15) is 5.10 Å². The van der Waals surface area contributed by atoms with E-state index in [-0.39, 0.29) is 5.78 Å². The molecule has 0 amide bonds. The predicted octanol–water partition coefficient (Wildman–Crippen LogP) is 2.92. The summed E-state index contributed by atoms with van der Waals surface area (Å²) >= 11 is 0. The molecule has 0 saturated heterocycles. The zero-order chi connectivity index (χ0) is 15.1. The van der Waals surface area contributed by atoms with Gasteiger partial charge in [-0.3, -0.25) is 4.79 Å². The van der Waals surface area contributed by atoms with Crippen LogP contribution in [0.15, 0.2) is 36.5 Å². The van der Waals surface area contributed by atoms with Gasteiger partial charge >= 0.3 is 0 Å². The van der Waals surface area contributed by atoms with Crippen LogP contribution >= 0.6 is 0 Å². The summed E-state index contributed by atoms with van der Waals surface area (Å²) < 4.78 is 7.28. The van der Waals surface area contributed by atoms with Crippen LogP contribution in [0.1, 0.15) is 29.4 Å². The molecular formula is C17H15N3O2. The number of Topliss-reactive ketones (excluding diaryl/α,β-unsaturated/α-hetero) is 1. The Morgan fingerprint density at radius 1 is 1.32 bits per heavy atom. The van der Waals surface area contributed by atoms with E-state index in [1.54, 1.807) is 16.8 Å². The van der Waals surface area contributed by atoms with Gasteiger partial charge in [-0.05, 0) is 29.8 Å². The van der Waals surface area contributed by atoms with Gasteiger partial charge < -0.3 is 4.74 Å². The fourth-order valence-corrected chi connectivity index (χ4v) is 2.78. The molecule has 5 nitrogen and oxygen atoms in total. The van der Waals surface area contributed by atoms with Gasteiger partial charge in [-0.25, -0.2) is 9.50 Å². The van der Waals surface area contributed by atoms with E-state index >= 15 is 0 Å². The Morgan fingerprint density at radius 2 is 2.23 bits per heavy atom. The third kappa shape index (κ3) is 1.97. The number of carbonyl (C=O) groups is 1. The highest BCUT2D eigenvalue weighted by Gasteiger charge is 2.16. The first-order valence-corrected chi connectivity index (χ1v) is 7.40. The number of hydrogen-bond acceptors (Lipinski definition) is 4. The molecule has 0 saturated carbocycles. The molecule has 4 rings (SSSR count). The third-order valence-corrected chi connectivity index (χ3v) is 3.95. The van der Waals surface area contributed by atoms with Crippen molar-refractivity contribution in [2.45, 2.75) is 19.8 Å². The van der Waals surface area contributed by atoms with Crippen molar-refractivity contribution < 1.29 is 9.53 Å². The number of ketones is 1. The van der Waals surface area contributed by atoms with Crippen LogP contribution < -0.4 is 4.74 Å². The Kier molecular flexibility index (Phi) is 2.92. The summed E-state index contributed by atoms with van der Waals surface area (Å²) in [6.07, 6.45) is 3.11. The minimum Gasteiger partial charge on any atom is -0.493 e. The van der Waals surface area contributed by atoms with Crippen LogP contribution in [-0.2, 0) is 6.42 Å². The summed E-state index contributed by atoms with van der Waals surface area (Å²) in [6, 6.07) is 9.79. The summed E-state index contributed by atoms with van der Waals surface area (Å²) in [7, 11) is 0. The summed E-state index contributed by atoms with van der Waals surface area (Å²) in [6.45, 7) is 2.57. The lowest BCUT2D eigenvalue weighted by molar-refractivity contribution is 0.0983. The van der Waals surface area contributed by atoms with E-state index in [0.29, 0.717) is 17.8 Å². The standard InChI is InChI=1S/C17H15N3O2/c1-2-15(21)13-10-17-18-7-5-14(20(17)19-13)11-3-4-16-12(9-11)6-8-22-16/h3-5,7,9-10H,2,6,8H2,1H3. The van der Waals surface area contributed by atoms with Gasteiger partial charge in [0.1, 0.15) is 11.4 Å². The van der Waals surface area contributed by atoms with Crippen molar-refractivity contribution >= 4 is 11.4 Å². The Hall–Kier alpha value is -2.69. The van der Waals surface area contributed by atoms with Crippen molar-refractivity contribution in [3.8, 4) is 17.0 Å². The topological polar surface area (TPSA) is 56.5 Å². The molecule has 3 heterocycles. The Morgan fingerprint density at radius 3 is 3.09 bits per heavy atom. The second kappa shape index (κ2) is 4.94. The van der Waals surface area contributed by atoms with Crippen molar-refractivity contribution in [3.63, 3.8) is 0 Å². The lowest BCUT2D eigenvalue weighted by Gasteiger charge is -2.06. The van der Waals surface area contributed by atoms with E-state index in [9.17, 15) is 4.79 Å². The maximum atomic E-state index is 11.9. The number of carbonyl (C=O) groups excluding carboxylic acids is 1. The van der Waals surface area contributed by atoms with Crippen LogP contribution in [-0.4, -0.2) is 27.0 Å². The maximum absolute atomic E-state index is 11.9. The highest BCUT2D eigenvalue weighted by atomic mass is 16.5. The van der Waals surface area contributed by atoms with Crippen LogP contribution in [0.4, 0.5) is 0 Å². The van der Waals surface area contributed by atoms with E-state index in [1.165, 1.54) is 5.56 Å². The number of benzene rings is 1. The smallest absolute Gasteiger partial charge is 0.182 e. The number of aromatic nitrogens is 3. The Balaban J connectivity index is 1.87. The lowest BCUT2D eigenvalue weighted by atomic mass is 10.1. The van der Waals surface area contributed by atoms with Gasteiger partial charge in [0.25, 0.3) is 0 Å². The number of rotatable bonds is 3. The molecule has 0 radical (unpaired) electrons. The molecule has 0 fully saturated rings. The molecule has 22 heavy (non-hydrogen) atoms. The van der Waals surface area contributed by atoms with Crippen molar-refractivity contribution in [2.24, 2.45) is 0 Å². The molecule has 0 spiro atoms. The molecule has 1 aliphatic heterocycles. The first-order valence-electron chi connectivity index (χ1n) is 7.40. The number of fused-ring (bicyclic) bond motifs is 2. The molecule has 0 aliphatic carbocycles. The quantitative estimate of drug-likeness (QED) is 0.697. The Labute approximate surface area is 127 Å². The van der Waals surface area contributed by atoms with Crippen LogP contribution in [0.25, 0.3) is 16.9 Å². The second-order valence-electron chi connectivity index (χ2n) is 5.33. The zero-order valence-corrected chi connectivity index (χ0v) is 12.2. The molecule has 5 heteroatoms. The molecule has 3 aromatic rings. The monoisotopic (exact) mass is 293 g/mol. The molecule has 2 aromatic heterocycles. The van der Waals surface area contributed by atoms with Crippen LogP contribution in [0.5, 0.6) is 5.75 Å². The SMILES string of the molecule is CCC(=O)c1cc2nccc(-c3ccc4c(c3)CCO4)n2n1. The highest BCUT2D eigenvalue weighted by Crippen LogP contribution is 2.30. The van der Waals surface area contributed by atoms with Gasteiger partial charge in [0, 0.05) is 30.7 Å². The number of nitrogens with zero attached hydrogens (tertiary/aromatic N) is 3. The van der Waals surface area contributed by atoms with Crippen molar-refractivity contribution in [3.05, 3.63) is 47.8 Å². The minimum absolute atomic E-state index is 0.0267. The largest absolute Gasteiger partial charge is 0.493 e. The first kappa shape index (κ1) is 13.0. The van der Waals surface area contributed by atoms with Crippen molar-refractivity contribution in [1.82, 2.24) is 14.6 Å². The van der Waals surface area contributed by atoms with E-state index in [2.05, 4.69) is 16.1 Å². The van der Waals surface area contributed by atoms with Gasteiger partial charge in [0.2, 0.25) is 0 Å². The van der Waals surface area contributed by atoms with Crippen molar-refractivity contribution in [2.75, 3.05) is 6.61 Å². The molecule has 0 bridgehead atoms. The van der Waals surface area contributed by atoms with E-state index < -0.39 is 0 Å². The number of hydrogen-bond donors (Lipinski definition) is 0. The molecule has 0 unspecified atom stereocenters. The molecule has 110 valence electrons. The van der Waals surface area contributed by atoms with E-state index in [4.69, 9.17) is 4.74 Å². The minimum atomic E-state index is 0.0267. The first-order chi connectivity index (χ1) is 10.8. The van der Waals surface area contributed by atoms with Gasteiger partial charge in [0.15, 0.2) is 11.4 Å². The Bertz CT molecular complexity index is 883. The fourth-order valence-electron chi connectivity index (χ4n) is 2.78. The predicted molar refractivity (Wildman–Crippen MR) is 82.2 cm³/mol. The maximum Gasteiger partial charge on any atom is 0.182 e. The van der Waals surface area contributed by atoms with Gasteiger partial charge in [-0.1, -0.05) is 6.92 Å². The summed E-state index contributed by atoms with van der Waals surface area (Å²) in [4.78, 5) is 16.2. The lowest BCUT2D eigenvalue weighted by Crippen LogP contribution is -2.00. The highest BCUT2D eigenvalue weighted by molar-refractivity contribution is 5.95. The zero-order valence-electron chi connectivity index (χ0n) is 12.2. The van der Waals surface area contributed by atoms with Crippen molar-refractivity contribution in [1.29, 1.82) is 0 Å².